The van der Waals surface area contributed by atoms with Crippen molar-refractivity contribution < 1.29 is 9.18 Å². The molecule has 0 radical (unpaired) electrons. The molecule has 3 nitrogen and oxygen atoms in total. The highest BCUT2D eigenvalue weighted by molar-refractivity contribution is 5.94. The Kier molecular flexibility index (Phi) is 5.00. The highest BCUT2D eigenvalue weighted by atomic mass is 19.1. The molecule has 2 aliphatic rings. The molecule has 4 heteroatoms. The summed E-state index contributed by atoms with van der Waals surface area (Å²) in [6.45, 7) is 3.59. The second kappa shape index (κ2) is 7.43. The number of halogens is 1. The molecular formula is C23H27FN2O. The largest absolute Gasteiger partial charge is 0.339 e. The molecule has 2 aromatic rings. The molecule has 0 saturated carbocycles. The van der Waals surface area contributed by atoms with E-state index in [-0.39, 0.29) is 16.9 Å². The normalized spacial score (nSPS) is 22.7. The van der Waals surface area contributed by atoms with Gasteiger partial charge in [0.25, 0.3) is 5.91 Å². The SMILES string of the molecule is CN1CC(c2ccccc2)CC2(CCN(C(=O)c3ccccc3F)CC2)C1. The third-order valence-corrected chi connectivity index (χ3v) is 6.30. The van der Waals surface area contributed by atoms with Crippen molar-refractivity contribution in [2.45, 2.75) is 25.2 Å². The highest BCUT2D eigenvalue weighted by Gasteiger charge is 2.42. The van der Waals surface area contributed by atoms with Crippen LogP contribution >= 0.6 is 0 Å². The number of nitrogens with zero attached hydrogens (tertiary/aromatic N) is 2. The van der Waals surface area contributed by atoms with Gasteiger partial charge in [0.1, 0.15) is 5.82 Å². The van der Waals surface area contributed by atoms with Crippen LogP contribution in [0.5, 0.6) is 0 Å². The molecule has 27 heavy (non-hydrogen) atoms. The number of hydrogen-bond acceptors (Lipinski definition) is 2. The second-order valence-electron chi connectivity index (χ2n) is 8.28. The van der Waals surface area contributed by atoms with Gasteiger partial charge in [-0.05, 0) is 55.3 Å². The Morgan fingerprint density at radius 2 is 1.70 bits per heavy atom. The van der Waals surface area contributed by atoms with E-state index in [0.717, 1.165) is 25.9 Å². The summed E-state index contributed by atoms with van der Waals surface area (Å²) in [5, 5.41) is 0. The van der Waals surface area contributed by atoms with E-state index in [2.05, 4.69) is 42.3 Å². The zero-order valence-electron chi connectivity index (χ0n) is 15.9. The standard InChI is InChI=1S/C23H27FN2O/c1-25-16-19(18-7-3-2-4-8-18)15-23(17-25)11-13-26(14-12-23)22(27)20-9-5-6-10-21(20)24/h2-10,19H,11-17H2,1H3. The molecule has 1 unspecified atom stereocenters. The maximum Gasteiger partial charge on any atom is 0.256 e. The quantitative estimate of drug-likeness (QED) is 0.796. The number of amides is 1. The lowest BCUT2D eigenvalue weighted by Gasteiger charge is -2.49. The van der Waals surface area contributed by atoms with Gasteiger partial charge >= 0.3 is 0 Å². The molecule has 142 valence electrons. The Morgan fingerprint density at radius 3 is 2.41 bits per heavy atom. The molecule has 0 N–H and O–H groups in total. The Morgan fingerprint density at radius 1 is 1.04 bits per heavy atom. The van der Waals surface area contributed by atoms with Gasteiger partial charge in [-0.15, -0.1) is 0 Å². The minimum atomic E-state index is -0.427. The zero-order chi connectivity index (χ0) is 18.9. The van der Waals surface area contributed by atoms with Gasteiger partial charge in [0.15, 0.2) is 0 Å². The van der Waals surface area contributed by atoms with Crippen molar-refractivity contribution in [2.24, 2.45) is 5.41 Å². The minimum absolute atomic E-state index is 0.174. The maximum absolute atomic E-state index is 14.0. The molecule has 2 heterocycles. The Labute approximate surface area is 160 Å². The molecule has 4 rings (SSSR count). The second-order valence-corrected chi connectivity index (χ2v) is 8.28. The number of carbonyl (C=O) groups is 1. The number of likely N-dealkylation sites (tertiary alicyclic amines) is 2. The van der Waals surface area contributed by atoms with Crippen LogP contribution in [0.15, 0.2) is 54.6 Å². The number of rotatable bonds is 2. The van der Waals surface area contributed by atoms with Crippen molar-refractivity contribution in [2.75, 3.05) is 33.2 Å². The Bertz CT molecular complexity index is 799. The number of benzene rings is 2. The molecule has 1 atom stereocenters. The first-order valence-electron chi connectivity index (χ1n) is 9.84. The van der Waals surface area contributed by atoms with E-state index >= 15 is 0 Å². The van der Waals surface area contributed by atoms with Crippen molar-refractivity contribution in [3.63, 3.8) is 0 Å². The summed E-state index contributed by atoms with van der Waals surface area (Å²) >= 11 is 0. The van der Waals surface area contributed by atoms with Crippen LogP contribution in [0.3, 0.4) is 0 Å². The molecule has 0 aromatic heterocycles. The van der Waals surface area contributed by atoms with Crippen molar-refractivity contribution in [3.05, 3.63) is 71.5 Å². The first-order valence-corrected chi connectivity index (χ1v) is 9.84. The molecule has 0 aliphatic carbocycles. The van der Waals surface area contributed by atoms with Crippen molar-refractivity contribution in [1.82, 2.24) is 9.80 Å². The predicted octanol–water partition coefficient (Wildman–Crippen LogP) is 4.17. The fourth-order valence-corrected chi connectivity index (χ4v) is 4.96. The summed E-state index contributed by atoms with van der Waals surface area (Å²) in [5.74, 6) is -0.0604. The lowest BCUT2D eigenvalue weighted by molar-refractivity contribution is 0.0222. The number of carbonyl (C=O) groups excluding carboxylic acids is 1. The van der Waals surface area contributed by atoms with E-state index in [9.17, 15) is 9.18 Å². The summed E-state index contributed by atoms with van der Waals surface area (Å²) in [6.07, 6.45) is 3.14. The topological polar surface area (TPSA) is 23.6 Å². The van der Waals surface area contributed by atoms with Crippen LogP contribution in [0, 0.1) is 11.2 Å². The summed E-state index contributed by atoms with van der Waals surface area (Å²) in [4.78, 5) is 17.0. The van der Waals surface area contributed by atoms with Gasteiger partial charge in [0, 0.05) is 26.2 Å². The van der Waals surface area contributed by atoms with E-state index in [0.29, 0.717) is 19.0 Å². The van der Waals surface area contributed by atoms with Crippen LogP contribution in [0.4, 0.5) is 4.39 Å². The van der Waals surface area contributed by atoms with Crippen molar-refractivity contribution in [1.29, 1.82) is 0 Å². The number of likely N-dealkylation sites (N-methyl/N-ethyl adjacent to an activating group) is 1. The van der Waals surface area contributed by atoms with Gasteiger partial charge in [-0.25, -0.2) is 4.39 Å². The first-order chi connectivity index (χ1) is 13.1. The summed E-state index contributed by atoms with van der Waals surface area (Å²) < 4.78 is 14.0. The van der Waals surface area contributed by atoms with Crippen LogP contribution < -0.4 is 0 Å². The maximum atomic E-state index is 14.0. The molecule has 2 fully saturated rings. The van der Waals surface area contributed by atoms with Crippen LogP contribution in [-0.2, 0) is 0 Å². The predicted molar refractivity (Wildman–Crippen MR) is 105 cm³/mol. The van der Waals surface area contributed by atoms with Gasteiger partial charge < -0.3 is 9.80 Å². The third-order valence-electron chi connectivity index (χ3n) is 6.30. The Balaban J connectivity index is 1.46. The number of piperidine rings is 2. The van der Waals surface area contributed by atoms with E-state index < -0.39 is 5.82 Å². The lowest BCUT2D eigenvalue weighted by atomic mass is 9.68. The minimum Gasteiger partial charge on any atom is -0.339 e. The van der Waals surface area contributed by atoms with Crippen molar-refractivity contribution in [3.8, 4) is 0 Å². The van der Waals surface area contributed by atoms with E-state index in [1.165, 1.54) is 18.1 Å². The van der Waals surface area contributed by atoms with Gasteiger partial charge in [-0.2, -0.15) is 0 Å². The number of hydrogen-bond donors (Lipinski definition) is 0. The molecule has 0 bridgehead atoms. The average Bonchev–Trinajstić information content (AvgIpc) is 2.68. The monoisotopic (exact) mass is 366 g/mol. The summed E-state index contributed by atoms with van der Waals surface area (Å²) in [7, 11) is 2.20. The van der Waals surface area contributed by atoms with Crippen LogP contribution in [0.25, 0.3) is 0 Å². The molecule has 1 spiro atoms. The summed E-state index contributed by atoms with van der Waals surface area (Å²) in [6, 6.07) is 17.1. The smallest absolute Gasteiger partial charge is 0.256 e. The van der Waals surface area contributed by atoms with Crippen LogP contribution in [0.2, 0.25) is 0 Å². The fraction of sp³-hybridized carbons (Fsp3) is 0.435. The molecule has 2 saturated heterocycles. The van der Waals surface area contributed by atoms with Gasteiger partial charge in [-0.3, -0.25) is 4.79 Å². The van der Waals surface area contributed by atoms with E-state index in [1.54, 1.807) is 18.2 Å². The molecular weight excluding hydrogens is 339 g/mol. The molecule has 1 amide bonds. The lowest BCUT2D eigenvalue weighted by Crippen LogP contribution is -2.51. The fourth-order valence-electron chi connectivity index (χ4n) is 4.96. The van der Waals surface area contributed by atoms with Crippen LogP contribution in [-0.4, -0.2) is 48.9 Å². The van der Waals surface area contributed by atoms with Gasteiger partial charge in [0.05, 0.1) is 5.56 Å². The molecule has 2 aliphatic heterocycles. The van der Waals surface area contributed by atoms with Crippen LogP contribution in [0.1, 0.15) is 41.1 Å². The van der Waals surface area contributed by atoms with E-state index in [1.807, 2.05) is 4.90 Å². The molecule has 2 aromatic carbocycles. The van der Waals surface area contributed by atoms with Gasteiger partial charge in [-0.1, -0.05) is 42.5 Å². The average molecular weight is 366 g/mol. The van der Waals surface area contributed by atoms with Gasteiger partial charge in [0.2, 0.25) is 0 Å². The van der Waals surface area contributed by atoms with E-state index in [4.69, 9.17) is 0 Å². The Hall–Kier alpha value is -2.20. The highest BCUT2D eigenvalue weighted by Crippen LogP contribution is 2.44. The summed E-state index contributed by atoms with van der Waals surface area (Å²) in [5.41, 5.74) is 1.85. The van der Waals surface area contributed by atoms with Crippen molar-refractivity contribution >= 4 is 5.91 Å². The third kappa shape index (κ3) is 3.77. The first kappa shape index (κ1) is 18.2. The zero-order valence-corrected chi connectivity index (χ0v) is 15.9.